The van der Waals surface area contributed by atoms with Gasteiger partial charge >= 0.3 is 0 Å². The number of para-hydroxylation sites is 4. The highest BCUT2D eigenvalue weighted by molar-refractivity contribution is 7.99. The number of hydrogen-bond acceptors (Lipinski definition) is 4. The monoisotopic (exact) mass is 772 g/mol. The Hall–Kier alpha value is -7.27. The van der Waals surface area contributed by atoms with Crippen LogP contribution in [-0.2, 0) is 5.41 Å². The van der Waals surface area contributed by atoms with Gasteiger partial charge < -0.3 is 14.2 Å². The normalized spacial score (nSPS) is 13.2. The summed E-state index contributed by atoms with van der Waals surface area (Å²) in [6.45, 7) is 0. The molecule has 1 aliphatic heterocycles. The number of nitrogens with zero attached hydrogens (tertiary/aromatic N) is 2. The van der Waals surface area contributed by atoms with E-state index in [0.29, 0.717) is 0 Å². The standard InChI is InChI=1S/C55H36N2OS/c1-4-18-37(19-5-1)56(49-35-33-44-43-26-12-16-30-50(43)58-54(44)53(49)57(38-20-6-2-7-21-38)39-22-8-3-9-23-39)40-32-34-48-52(36-40)59-51-31-17-15-29-47(51)55(48)45-27-13-10-24-41(45)42-25-11-14-28-46(42)55/h1-36H. The quantitative estimate of drug-likeness (QED) is 0.168. The molecule has 12 rings (SSSR count). The minimum Gasteiger partial charge on any atom is -0.454 e. The molecule has 4 heteroatoms. The Morgan fingerprint density at radius 2 is 0.898 bits per heavy atom. The van der Waals surface area contributed by atoms with Crippen molar-refractivity contribution in [3.63, 3.8) is 0 Å². The van der Waals surface area contributed by atoms with E-state index in [-0.39, 0.29) is 0 Å². The van der Waals surface area contributed by atoms with Gasteiger partial charge in [0.15, 0.2) is 5.58 Å². The maximum Gasteiger partial charge on any atom is 0.161 e. The van der Waals surface area contributed by atoms with Gasteiger partial charge in [-0.1, -0.05) is 157 Å². The predicted octanol–water partition coefficient (Wildman–Crippen LogP) is 15.4. The van der Waals surface area contributed by atoms with E-state index >= 15 is 0 Å². The first kappa shape index (κ1) is 33.8. The van der Waals surface area contributed by atoms with Gasteiger partial charge in [0, 0.05) is 43.3 Å². The Morgan fingerprint density at radius 3 is 1.56 bits per heavy atom. The minimum absolute atomic E-state index is 0.448. The highest BCUT2D eigenvalue weighted by atomic mass is 32.2. The van der Waals surface area contributed by atoms with E-state index in [1.54, 1.807) is 0 Å². The molecule has 1 aromatic heterocycles. The van der Waals surface area contributed by atoms with Crippen LogP contribution in [-0.4, -0.2) is 0 Å². The third-order valence-electron chi connectivity index (χ3n) is 12.1. The third kappa shape index (κ3) is 5.03. The zero-order valence-electron chi connectivity index (χ0n) is 32.0. The van der Waals surface area contributed by atoms with E-state index < -0.39 is 5.41 Å². The fourth-order valence-electron chi connectivity index (χ4n) is 9.72. The predicted molar refractivity (Wildman–Crippen MR) is 245 cm³/mol. The molecule has 0 N–H and O–H groups in total. The van der Waals surface area contributed by atoms with Crippen LogP contribution < -0.4 is 9.80 Å². The zero-order valence-corrected chi connectivity index (χ0v) is 32.8. The van der Waals surface area contributed by atoms with Crippen molar-refractivity contribution in [3.8, 4) is 11.1 Å². The molecule has 0 bridgehead atoms. The number of anilines is 6. The van der Waals surface area contributed by atoms with E-state index in [4.69, 9.17) is 4.42 Å². The molecule has 59 heavy (non-hydrogen) atoms. The largest absolute Gasteiger partial charge is 0.454 e. The fourth-order valence-corrected chi connectivity index (χ4v) is 10.9. The van der Waals surface area contributed by atoms with Crippen LogP contribution in [0.1, 0.15) is 22.3 Å². The average Bonchev–Trinajstić information content (AvgIpc) is 3.82. The summed E-state index contributed by atoms with van der Waals surface area (Å²) in [6, 6.07) is 79.0. The van der Waals surface area contributed by atoms with E-state index in [9.17, 15) is 0 Å². The van der Waals surface area contributed by atoms with Crippen LogP contribution in [0.25, 0.3) is 33.1 Å². The van der Waals surface area contributed by atoms with Gasteiger partial charge in [-0.15, -0.1) is 0 Å². The molecule has 0 unspecified atom stereocenters. The molecule has 0 atom stereocenters. The highest BCUT2D eigenvalue weighted by Gasteiger charge is 2.50. The van der Waals surface area contributed by atoms with Crippen molar-refractivity contribution in [2.75, 3.05) is 9.80 Å². The number of fused-ring (bicyclic) bond motifs is 12. The molecular weight excluding hydrogens is 737 g/mol. The van der Waals surface area contributed by atoms with Gasteiger partial charge in [0.1, 0.15) is 11.3 Å². The van der Waals surface area contributed by atoms with Gasteiger partial charge in [0.05, 0.1) is 11.1 Å². The maximum atomic E-state index is 6.96. The molecule has 3 nitrogen and oxygen atoms in total. The molecule has 1 spiro atoms. The average molecular weight is 773 g/mol. The van der Waals surface area contributed by atoms with Crippen LogP contribution >= 0.6 is 11.8 Å². The topological polar surface area (TPSA) is 19.6 Å². The van der Waals surface area contributed by atoms with Gasteiger partial charge in [-0.05, 0) is 106 Å². The molecular formula is C55H36N2OS. The smallest absolute Gasteiger partial charge is 0.161 e. The number of benzene rings is 9. The van der Waals surface area contributed by atoms with Gasteiger partial charge in [0.25, 0.3) is 0 Å². The summed E-state index contributed by atoms with van der Waals surface area (Å²) < 4.78 is 6.96. The first-order valence-electron chi connectivity index (χ1n) is 20.1. The SMILES string of the molecule is c1ccc(N(c2ccc3c(c2)Sc2ccccc2C32c3ccccc3-c3ccccc32)c2ccc3c(oc4ccccc43)c2N(c2ccccc2)c2ccccc2)cc1. The second kappa shape index (κ2) is 13.4. The highest BCUT2D eigenvalue weighted by Crippen LogP contribution is 2.63. The molecule has 278 valence electrons. The Kier molecular flexibility index (Phi) is 7.69. The summed E-state index contributed by atoms with van der Waals surface area (Å²) in [6.07, 6.45) is 0. The van der Waals surface area contributed by atoms with Crippen molar-refractivity contribution >= 4 is 67.8 Å². The van der Waals surface area contributed by atoms with Crippen molar-refractivity contribution in [1.29, 1.82) is 0 Å². The first-order chi connectivity index (χ1) is 29.3. The van der Waals surface area contributed by atoms with Crippen LogP contribution in [0, 0.1) is 0 Å². The summed E-state index contributed by atoms with van der Waals surface area (Å²) in [5.41, 5.74) is 15.3. The molecule has 9 aromatic carbocycles. The van der Waals surface area contributed by atoms with Crippen LogP contribution in [0.3, 0.4) is 0 Å². The maximum absolute atomic E-state index is 6.96. The van der Waals surface area contributed by atoms with E-state index in [2.05, 4.69) is 222 Å². The van der Waals surface area contributed by atoms with Crippen molar-refractivity contribution in [1.82, 2.24) is 0 Å². The summed E-state index contributed by atoms with van der Waals surface area (Å²) in [5, 5.41) is 2.16. The summed E-state index contributed by atoms with van der Waals surface area (Å²) in [4.78, 5) is 7.27. The van der Waals surface area contributed by atoms with Crippen LogP contribution in [0.4, 0.5) is 34.1 Å². The second-order valence-electron chi connectivity index (χ2n) is 15.2. The van der Waals surface area contributed by atoms with Gasteiger partial charge in [-0.3, -0.25) is 0 Å². The van der Waals surface area contributed by atoms with Crippen LogP contribution in [0.15, 0.2) is 233 Å². The third-order valence-corrected chi connectivity index (χ3v) is 13.2. The summed E-state index contributed by atoms with van der Waals surface area (Å²) >= 11 is 1.87. The van der Waals surface area contributed by atoms with E-state index in [0.717, 1.165) is 56.1 Å². The molecule has 0 radical (unpaired) electrons. The lowest BCUT2D eigenvalue weighted by molar-refractivity contribution is 0.669. The molecule has 0 fully saturated rings. The molecule has 0 amide bonds. The van der Waals surface area contributed by atoms with E-state index in [1.807, 2.05) is 17.8 Å². The second-order valence-corrected chi connectivity index (χ2v) is 16.3. The van der Waals surface area contributed by atoms with Crippen LogP contribution in [0.2, 0.25) is 0 Å². The minimum atomic E-state index is -0.448. The Labute approximate surface area is 347 Å². The van der Waals surface area contributed by atoms with Gasteiger partial charge in [-0.25, -0.2) is 0 Å². The zero-order chi connectivity index (χ0) is 38.9. The molecule has 2 aliphatic rings. The van der Waals surface area contributed by atoms with Crippen molar-refractivity contribution < 1.29 is 4.42 Å². The van der Waals surface area contributed by atoms with Crippen molar-refractivity contribution in [2.45, 2.75) is 15.2 Å². The summed E-state index contributed by atoms with van der Waals surface area (Å²) in [5.74, 6) is 0. The molecule has 2 heterocycles. The molecule has 0 saturated heterocycles. The van der Waals surface area contributed by atoms with Crippen LogP contribution in [0.5, 0.6) is 0 Å². The number of hydrogen-bond donors (Lipinski definition) is 0. The van der Waals surface area contributed by atoms with Gasteiger partial charge in [-0.2, -0.15) is 0 Å². The fraction of sp³-hybridized carbons (Fsp3) is 0.0182. The number of furan rings is 1. The Morgan fingerprint density at radius 1 is 0.373 bits per heavy atom. The lowest BCUT2D eigenvalue weighted by atomic mass is 9.67. The molecule has 1 aliphatic carbocycles. The summed E-state index contributed by atoms with van der Waals surface area (Å²) in [7, 11) is 0. The number of rotatable bonds is 6. The Bertz CT molecular complexity index is 3130. The lowest BCUT2D eigenvalue weighted by Gasteiger charge is -2.40. The lowest BCUT2D eigenvalue weighted by Crippen LogP contribution is -2.32. The molecule has 10 aromatic rings. The first-order valence-corrected chi connectivity index (χ1v) is 20.9. The molecule has 0 saturated carbocycles. The van der Waals surface area contributed by atoms with Crippen molar-refractivity contribution in [2.24, 2.45) is 0 Å². The van der Waals surface area contributed by atoms with E-state index in [1.165, 1.54) is 43.2 Å². The Balaban J connectivity index is 1.15. The van der Waals surface area contributed by atoms with Gasteiger partial charge in [0.2, 0.25) is 0 Å². The van der Waals surface area contributed by atoms with Crippen molar-refractivity contribution in [3.05, 3.63) is 241 Å².